The highest BCUT2D eigenvalue weighted by atomic mass is 35.5. The van der Waals surface area contributed by atoms with Crippen LogP contribution in [-0.2, 0) is 0 Å². The molecule has 5 heteroatoms. The first kappa shape index (κ1) is 12.1. The number of thioether (sulfide) groups is 1. The minimum Gasteiger partial charge on any atom is -0.341 e. The molecule has 0 aliphatic heterocycles. The smallest absolute Gasteiger partial charge is 0.138 e. The normalized spacial score (nSPS) is 9.93. The molecule has 0 fully saturated rings. The highest BCUT2D eigenvalue weighted by molar-refractivity contribution is 8.23. The van der Waals surface area contributed by atoms with Gasteiger partial charge in [0.15, 0.2) is 0 Å². The molecule has 1 nitrogen and oxygen atoms in total. The fourth-order valence-electron chi connectivity index (χ4n) is 0.859. The summed E-state index contributed by atoms with van der Waals surface area (Å²) in [7, 11) is 0. The number of hydrogen-bond donors (Lipinski definition) is 1. The number of halogens is 2. The monoisotopic (exact) mass is 265 g/mol. The van der Waals surface area contributed by atoms with Crippen LogP contribution in [0.4, 0.5) is 5.69 Å². The van der Waals surface area contributed by atoms with E-state index in [1.54, 1.807) is 23.9 Å². The lowest BCUT2D eigenvalue weighted by Crippen LogP contribution is -2.04. The van der Waals surface area contributed by atoms with Gasteiger partial charge in [-0.15, -0.1) is 0 Å². The summed E-state index contributed by atoms with van der Waals surface area (Å²) in [6, 6.07) is 5.34. The van der Waals surface area contributed by atoms with Crippen LogP contribution in [-0.4, -0.2) is 10.1 Å². The zero-order valence-corrected chi connectivity index (χ0v) is 10.7. The Morgan fingerprint density at radius 3 is 2.71 bits per heavy atom. The highest BCUT2D eigenvalue weighted by Crippen LogP contribution is 2.25. The van der Waals surface area contributed by atoms with Gasteiger partial charge in [-0.1, -0.05) is 54.1 Å². The minimum atomic E-state index is 0.529. The van der Waals surface area contributed by atoms with Crippen LogP contribution in [0.3, 0.4) is 0 Å². The van der Waals surface area contributed by atoms with Gasteiger partial charge in [-0.2, -0.15) is 0 Å². The standard InChI is InChI=1S/C9H9Cl2NS2/c1-2-14-9(13)12-6-3-4-7(10)8(11)5-6/h3-5H,2H2,1H3,(H,12,13). The lowest BCUT2D eigenvalue weighted by Gasteiger charge is -2.06. The molecule has 76 valence electrons. The molecule has 0 radical (unpaired) electrons. The van der Waals surface area contributed by atoms with E-state index < -0.39 is 0 Å². The highest BCUT2D eigenvalue weighted by Gasteiger charge is 2.01. The number of hydrogen-bond acceptors (Lipinski definition) is 2. The molecule has 1 aromatic rings. The Hall–Kier alpha value is 0.0400. The molecule has 1 rings (SSSR count). The van der Waals surface area contributed by atoms with Crippen LogP contribution in [0, 0.1) is 0 Å². The van der Waals surface area contributed by atoms with Crippen molar-refractivity contribution >= 4 is 57.2 Å². The van der Waals surface area contributed by atoms with Gasteiger partial charge in [0.25, 0.3) is 0 Å². The molecule has 1 N–H and O–H groups in total. The van der Waals surface area contributed by atoms with Gasteiger partial charge < -0.3 is 5.32 Å². The number of anilines is 1. The lowest BCUT2D eigenvalue weighted by atomic mass is 10.3. The molecule has 14 heavy (non-hydrogen) atoms. The van der Waals surface area contributed by atoms with Gasteiger partial charge in [0.05, 0.1) is 10.0 Å². The molecular weight excluding hydrogens is 257 g/mol. The van der Waals surface area contributed by atoms with E-state index in [-0.39, 0.29) is 0 Å². The summed E-state index contributed by atoms with van der Waals surface area (Å²) in [5, 5.41) is 4.14. The molecule has 0 aliphatic rings. The predicted octanol–water partition coefficient (Wildman–Crippen LogP) is 4.44. The molecule has 0 saturated heterocycles. The second-order valence-corrected chi connectivity index (χ2v) is 5.23. The van der Waals surface area contributed by atoms with Gasteiger partial charge >= 0.3 is 0 Å². The second-order valence-electron chi connectivity index (χ2n) is 2.47. The predicted molar refractivity (Wildman–Crippen MR) is 70.8 cm³/mol. The second kappa shape index (κ2) is 5.81. The van der Waals surface area contributed by atoms with Gasteiger partial charge in [0.2, 0.25) is 0 Å². The molecule has 0 atom stereocenters. The molecule has 0 bridgehead atoms. The van der Waals surface area contributed by atoms with Crippen molar-refractivity contribution in [1.82, 2.24) is 0 Å². The van der Waals surface area contributed by atoms with Crippen LogP contribution in [0.25, 0.3) is 0 Å². The Morgan fingerprint density at radius 2 is 2.14 bits per heavy atom. The Labute approximate surface area is 103 Å². The van der Waals surface area contributed by atoms with E-state index in [1.165, 1.54) is 0 Å². The van der Waals surface area contributed by atoms with E-state index >= 15 is 0 Å². The fraction of sp³-hybridized carbons (Fsp3) is 0.222. The number of rotatable bonds is 2. The third-order valence-electron chi connectivity index (χ3n) is 1.44. The Bertz CT molecular complexity index is 342. The number of nitrogens with one attached hydrogen (secondary N) is 1. The van der Waals surface area contributed by atoms with Crippen molar-refractivity contribution in [3.63, 3.8) is 0 Å². The van der Waals surface area contributed by atoms with E-state index in [0.717, 1.165) is 15.8 Å². The van der Waals surface area contributed by atoms with Crippen LogP contribution in [0.15, 0.2) is 18.2 Å². The average Bonchev–Trinajstić information content (AvgIpc) is 2.12. The van der Waals surface area contributed by atoms with Crippen molar-refractivity contribution in [2.24, 2.45) is 0 Å². The lowest BCUT2D eigenvalue weighted by molar-refractivity contribution is 1.54. The fourth-order valence-corrected chi connectivity index (χ4v) is 2.08. The first-order valence-electron chi connectivity index (χ1n) is 4.02. The van der Waals surface area contributed by atoms with Crippen LogP contribution in [0.1, 0.15) is 6.92 Å². The van der Waals surface area contributed by atoms with E-state index in [2.05, 4.69) is 5.32 Å². The summed E-state index contributed by atoms with van der Waals surface area (Å²) >= 11 is 18.3. The molecule has 1 aromatic carbocycles. The van der Waals surface area contributed by atoms with Gasteiger partial charge in [0.1, 0.15) is 4.32 Å². The van der Waals surface area contributed by atoms with Gasteiger partial charge in [-0.05, 0) is 24.0 Å². The van der Waals surface area contributed by atoms with Gasteiger partial charge in [-0.25, -0.2) is 0 Å². The van der Waals surface area contributed by atoms with Gasteiger partial charge in [-0.3, -0.25) is 0 Å². The number of thiocarbonyl (C=S) groups is 1. The maximum absolute atomic E-state index is 5.85. The summed E-state index contributed by atoms with van der Waals surface area (Å²) in [6.07, 6.45) is 0. The van der Waals surface area contributed by atoms with E-state index in [9.17, 15) is 0 Å². The van der Waals surface area contributed by atoms with Crippen LogP contribution in [0.2, 0.25) is 10.0 Å². The SMILES string of the molecule is CCSC(=S)Nc1ccc(Cl)c(Cl)c1. The van der Waals surface area contributed by atoms with Crippen molar-refractivity contribution in [3.8, 4) is 0 Å². The average molecular weight is 266 g/mol. The maximum Gasteiger partial charge on any atom is 0.138 e. The summed E-state index contributed by atoms with van der Waals surface area (Å²) in [6.45, 7) is 2.05. The van der Waals surface area contributed by atoms with Crippen molar-refractivity contribution in [2.45, 2.75) is 6.92 Å². The van der Waals surface area contributed by atoms with Crippen molar-refractivity contribution < 1.29 is 0 Å². The third kappa shape index (κ3) is 3.65. The topological polar surface area (TPSA) is 12.0 Å². The zero-order chi connectivity index (χ0) is 10.6. The van der Waals surface area contributed by atoms with Crippen molar-refractivity contribution in [1.29, 1.82) is 0 Å². The third-order valence-corrected chi connectivity index (χ3v) is 3.29. The zero-order valence-electron chi connectivity index (χ0n) is 7.51. The molecule has 0 unspecified atom stereocenters. The quantitative estimate of drug-likeness (QED) is 0.794. The Morgan fingerprint density at radius 1 is 1.43 bits per heavy atom. The largest absolute Gasteiger partial charge is 0.341 e. The van der Waals surface area contributed by atoms with Crippen molar-refractivity contribution in [3.05, 3.63) is 28.2 Å². The van der Waals surface area contributed by atoms with E-state index in [4.69, 9.17) is 35.4 Å². The number of benzene rings is 1. The summed E-state index contributed by atoms with van der Waals surface area (Å²) in [5.41, 5.74) is 0.866. The van der Waals surface area contributed by atoms with Crippen molar-refractivity contribution in [2.75, 3.05) is 11.1 Å². The van der Waals surface area contributed by atoms with Crippen LogP contribution in [0.5, 0.6) is 0 Å². The Kier molecular flexibility index (Phi) is 5.02. The summed E-state index contributed by atoms with van der Waals surface area (Å²) in [4.78, 5) is 0. The first-order chi connectivity index (χ1) is 6.63. The summed E-state index contributed by atoms with van der Waals surface area (Å²) in [5.74, 6) is 0.952. The minimum absolute atomic E-state index is 0.529. The van der Waals surface area contributed by atoms with Crippen LogP contribution >= 0.6 is 47.2 Å². The Balaban J connectivity index is 2.68. The molecule has 0 spiro atoms. The molecule has 0 aliphatic carbocycles. The molecule has 0 heterocycles. The van der Waals surface area contributed by atoms with E-state index in [0.29, 0.717) is 10.0 Å². The van der Waals surface area contributed by atoms with Crippen LogP contribution < -0.4 is 5.32 Å². The van der Waals surface area contributed by atoms with E-state index in [1.807, 2.05) is 13.0 Å². The summed E-state index contributed by atoms with van der Waals surface area (Å²) < 4.78 is 0.742. The molecular formula is C9H9Cl2NS2. The first-order valence-corrected chi connectivity index (χ1v) is 6.17. The maximum atomic E-state index is 5.85. The molecule has 0 amide bonds. The molecule has 0 saturated carbocycles. The molecule has 0 aromatic heterocycles. The van der Waals surface area contributed by atoms with Gasteiger partial charge in [0, 0.05) is 5.69 Å².